The number of thioether (sulfide) groups is 1. The fourth-order valence-electron chi connectivity index (χ4n) is 2.33. The fraction of sp³-hybridized carbons (Fsp3) is 0.150. The molecule has 0 aliphatic carbocycles. The first kappa shape index (κ1) is 19.9. The van der Waals surface area contributed by atoms with Crippen LogP contribution in [0, 0.1) is 0 Å². The third-order valence-electron chi connectivity index (χ3n) is 3.78. The second-order valence-electron chi connectivity index (χ2n) is 5.62. The Morgan fingerprint density at radius 1 is 1.07 bits per heavy atom. The third kappa shape index (κ3) is 5.11. The van der Waals surface area contributed by atoms with Gasteiger partial charge in [-0.25, -0.2) is 9.78 Å². The van der Waals surface area contributed by atoms with Crippen LogP contribution in [-0.4, -0.2) is 36.8 Å². The van der Waals surface area contributed by atoms with Crippen molar-refractivity contribution in [1.82, 2.24) is 4.98 Å². The highest BCUT2D eigenvalue weighted by atomic mass is 32.2. The summed E-state index contributed by atoms with van der Waals surface area (Å²) < 4.78 is 9.81. The van der Waals surface area contributed by atoms with Gasteiger partial charge in [-0.2, -0.15) is 0 Å². The van der Waals surface area contributed by atoms with Crippen molar-refractivity contribution < 1.29 is 19.1 Å². The minimum absolute atomic E-state index is 0.122. The number of methoxy groups -OCH3 is 2. The van der Waals surface area contributed by atoms with E-state index in [9.17, 15) is 9.59 Å². The number of aromatic nitrogens is 1. The summed E-state index contributed by atoms with van der Waals surface area (Å²) >= 11 is 2.80. The molecule has 0 atom stereocenters. The predicted molar refractivity (Wildman–Crippen MR) is 111 cm³/mol. The lowest BCUT2D eigenvalue weighted by atomic mass is 10.1. The second kappa shape index (κ2) is 9.38. The number of rotatable bonds is 7. The SMILES string of the molecule is COC(=O)c1ccc(-c2csc(NC(=O)CSc3ccc(OC)cc3)n2)cc1. The lowest BCUT2D eigenvalue weighted by Gasteiger charge is -2.04. The number of esters is 1. The zero-order valence-electron chi connectivity index (χ0n) is 15.3. The van der Waals surface area contributed by atoms with Gasteiger partial charge in [0.25, 0.3) is 0 Å². The first-order valence-electron chi connectivity index (χ1n) is 8.30. The maximum Gasteiger partial charge on any atom is 0.337 e. The molecular weight excluding hydrogens is 396 g/mol. The van der Waals surface area contributed by atoms with E-state index >= 15 is 0 Å². The van der Waals surface area contributed by atoms with Gasteiger partial charge < -0.3 is 14.8 Å². The van der Waals surface area contributed by atoms with Gasteiger partial charge in [0.2, 0.25) is 5.91 Å². The monoisotopic (exact) mass is 414 g/mol. The fourth-order valence-corrected chi connectivity index (χ4v) is 3.77. The molecule has 2 aromatic carbocycles. The molecule has 28 heavy (non-hydrogen) atoms. The number of amides is 1. The molecule has 1 N–H and O–H groups in total. The normalized spacial score (nSPS) is 10.4. The Kier molecular flexibility index (Phi) is 6.67. The summed E-state index contributed by atoms with van der Waals surface area (Å²) in [6, 6.07) is 14.5. The molecule has 6 nitrogen and oxygen atoms in total. The zero-order valence-corrected chi connectivity index (χ0v) is 16.9. The molecule has 0 bridgehead atoms. The molecule has 0 aliphatic rings. The number of hydrogen-bond donors (Lipinski definition) is 1. The summed E-state index contributed by atoms with van der Waals surface area (Å²) in [7, 11) is 2.96. The average Bonchev–Trinajstić information content (AvgIpc) is 3.20. The Morgan fingerprint density at radius 3 is 2.43 bits per heavy atom. The highest BCUT2D eigenvalue weighted by molar-refractivity contribution is 8.00. The van der Waals surface area contributed by atoms with E-state index in [-0.39, 0.29) is 17.6 Å². The van der Waals surface area contributed by atoms with Gasteiger partial charge in [0.15, 0.2) is 5.13 Å². The van der Waals surface area contributed by atoms with E-state index in [4.69, 9.17) is 4.74 Å². The quantitative estimate of drug-likeness (QED) is 0.458. The van der Waals surface area contributed by atoms with Crippen molar-refractivity contribution in [3.63, 3.8) is 0 Å². The van der Waals surface area contributed by atoms with E-state index in [0.717, 1.165) is 21.9 Å². The molecule has 0 saturated carbocycles. The van der Waals surface area contributed by atoms with Crippen molar-refractivity contribution in [2.45, 2.75) is 4.90 Å². The van der Waals surface area contributed by atoms with Crippen molar-refractivity contribution in [3.8, 4) is 17.0 Å². The van der Waals surface area contributed by atoms with E-state index in [2.05, 4.69) is 15.0 Å². The number of hydrogen-bond acceptors (Lipinski definition) is 7. The van der Waals surface area contributed by atoms with E-state index in [1.54, 1.807) is 31.4 Å². The first-order chi connectivity index (χ1) is 13.6. The van der Waals surface area contributed by atoms with Crippen molar-refractivity contribution in [3.05, 3.63) is 59.5 Å². The van der Waals surface area contributed by atoms with Crippen LogP contribution in [0.1, 0.15) is 10.4 Å². The highest BCUT2D eigenvalue weighted by Crippen LogP contribution is 2.26. The van der Waals surface area contributed by atoms with Crippen LogP contribution in [-0.2, 0) is 9.53 Å². The molecule has 144 valence electrons. The van der Waals surface area contributed by atoms with Crippen LogP contribution in [0.3, 0.4) is 0 Å². The number of ether oxygens (including phenoxy) is 2. The van der Waals surface area contributed by atoms with Crippen LogP contribution < -0.4 is 10.1 Å². The molecule has 3 aromatic rings. The van der Waals surface area contributed by atoms with Crippen LogP contribution in [0.2, 0.25) is 0 Å². The molecule has 1 aromatic heterocycles. The number of nitrogens with zero attached hydrogens (tertiary/aromatic N) is 1. The Labute approximate surface area is 170 Å². The molecule has 0 fully saturated rings. The number of anilines is 1. The van der Waals surface area contributed by atoms with E-state index < -0.39 is 0 Å². The smallest absolute Gasteiger partial charge is 0.337 e. The van der Waals surface area contributed by atoms with Gasteiger partial charge in [0, 0.05) is 15.8 Å². The summed E-state index contributed by atoms with van der Waals surface area (Å²) in [5, 5.41) is 5.21. The third-order valence-corrected chi connectivity index (χ3v) is 5.55. The zero-order chi connectivity index (χ0) is 19.9. The van der Waals surface area contributed by atoms with Crippen molar-refractivity contribution >= 4 is 40.1 Å². The lowest BCUT2D eigenvalue weighted by molar-refractivity contribution is -0.113. The van der Waals surface area contributed by atoms with Gasteiger partial charge in [-0.3, -0.25) is 4.79 Å². The molecular formula is C20H18N2O4S2. The summed E-state index contributed by atoms with van der Waals surface area (Å²) in [4.78, 5) is 29.1. The summed E-state index contributed by atoms with van der Waals surface area (Å²) in [5.74, 6) is 0.563. The number of nitrogens with one attached hydrogen (secondary N) is 1. The number of carbonyl (C=O) groups excluding carboxylic acids is 2. The maximum atomic E-state index is 12.2. The van der Waals surface area contributed by atoms with Crippen molar-refractivity contribution in [1.29, 1.82) is 0 Å². The number of carbonyl (C=O) groups is 2. The van der Waals surface area contributed by atoms with Crippen LogP contribution in [0.5, 0.6) is 5.75 Å². The van der Waals surface area contributed by atoms with Crippen LogP contribution in [0.15, 0.2) is 58.8 Å². The van der Waals surface area contributed by atoms with Crippen molar-refractivity contribution in [2.75, 3.05) is 25.3 Å². The molecule has 0 aliphatic heterocycles. The van der Waals surface area contributed by atoms with Gasteiger partial charge in [0.05, 0.1) is 31.2 Å². The molecule has 3 rings (SSSR count). The highest BCUT2D eigenvalue weighted by Gasteiger charge is 2.10. The van der Waals surface area contributed by atoms with Crippen LogP contribution in [0.4, 0.5) is 5.13 Å². The molecule has 8 heteroatoms. The molecule has 0 radical (unpaired) electrons. The van der Waals surface area contributed by atoms with Gasteiger partial charge in [-0.15, -0.1) is 23.1 Å². The van der Waals surface area contributed by atoms with Gasteiger partial charge in [0.1, 0.15) is 5.75 Å². The number of thiazole rings is 1. The predicted octanol–water partition coefficient (Wildman–Crippen LogP) is 4.34. The minimum Gasteiger partial charge on any atom is -0.497 e. The van der Waals surface area contributed by atoms with Gasteiger partial charge in [-0.1, -0.05) is 12.1 Å². The summed E-state index contributed by atoms with van der Waals surface area (Å²) in [5.41, 5.74) is 2.07. The Hall–Kier alpha value is -2.84. The van der Waals surface area contributed by atoms with E-state index in [0.29, 0.717) is 10.7 Å². The minimum atomic E-state index is -0.382. The lowest BCUT2D eigenvalue weighted by Crippen LogP contribution is -2.13. The average molecular weight is 415 g/mol. The topological polar surface area (TPSA) is 77.5 Å². The van der Waals surface area contributed by atoms with Crippen molar-refractivity contribution in [2.24, 2.45) is 0 Å². The second-order valence-corrected chi connectivity index (χ2v) is 7.53. The molecule has 0 saturated heterocycles. The summed E-state index contributed by atoms with van der Waals surface area (Å²) in [6.07, 6.45) is 0. The van der Waals surface area contributed by atoms with E-state index in [1.165, 1.54) is 30.2 Å². The Balaban J connectivity index is 1.56. The Morgan fingerprint density at radius 2 is 1.79 bits per heavy atom. The van der Waals surface area contributed by atoms with Gasteiger partial charge >= 0.3 is 5.97 Å². The molecule has 0 unspecified atom stereocenters. The largest absolute Gasteiger partial charge is 0.497 e. The molecule has 1 heterocycles. The molecule has 1 amide bonds. The van der Waals surface area contributed by atoms with Crippen LogP contribution >= 0.6 is 23.1 Å². The maximum absolute atomic E-state index is 12.2. The Bertz CT molecular complexity index is 953. The number of benzene rings is 2. The van der Waals surface area contributed by atoms with Gasteiger partial charge in [-0.05, 0) is 36.4 Å². The standard InChI is InChI=1S/C20H18N2O4S2/c1-25-15-7-9-16(10-8-15)27-12-18(23)22-20-21-17(11-28-20)13-3-5-14(6-4-13)19(24)26-2/h3-11H,12H2,1-2H3,(H,21,22,23). The summed E-state index contributed by atoms with van der Waals surface area (Å²) in [6.45, 7) is 0. The van der Waals surface area contributed by atoms with Crippen LogP contribution in [0.25, 0.3) is 11.3 Å². The van der Waals surface area contributed by atoms with E-state index in [1.807, 2.05) is 29.6 Å². The first-order valence-corrected chi connectivity index (χ1v) is 10.2. The molecule has 0 spiro atoms.